The number of methoxy groups -OCH3 is 1. The molecule has 0 aromatic rings. The number of carbonyl (C=O) groups is 3. The number of carbonyl (C=O) groups excluding carboxylic acids is 3. The van der Waals surface area contributed by atoms with Crippen LogP contribution >= 0.6 is 0 Å². The Hall–Kier alpha value is -1.65. The molecule has 1 aliphatic rings. The highest BCUT2D eigenvalue weighted by Crippen LogP contribution is 2.12. The van der Waals surface area contributed by atoms with Crippen LogP contribution in [0.3, 0.4) is 0 Å². The topological polar surface area (TPSA) is 63.7 Å². The van der Waals surface area contributed by atoms with Crippen molar-refractivity contribution in [2.24, 2.45) is 5.92 Å². The van der Waals surface area contributed by atoms with Crippen LogP contribution in [-0.2, 0) is 19.1 Å². The van der Waals surface area contributed by atoms with Crippen molar-refractivity contribution in [1.82, 2.24) is 4.90 Å². The van der Waals surface area contributed by atoms with E-state index >= 15 is 0 Å². The van der Waals surface area contributed by atoms with E-state index in [4.69, 9.17) is 0 Å². The van der Waals surface area contributed by atoms with Crippen LogP contribution in [0.4, 0.5) is 0 Å². The standard InChI is InChI=1S/C8H9NO4/c1-9-4-3-5(10)6(7(9)11)8(12)13-2/h3-4,6H,1-2H3/t6-/m0/s1. The highest BCUT2D eigenvalue weighted by Gasteiger charge is 2.37. The van der Waals surface area contributed by atoms with Crippen molar-refractivity contribution in [2.75, 3.05) is 14.2 Å². The van der Waals surface area contributed by atoms with Crippen molar-refractivity contribution < 1.29 is 19.1 Å². The molecular formula is C8H9NO4. The first kappa shape index (κ1) is 9.44. The van der Waals surface area contributed by atoms with Gasteiger partial charge < -0.3 is 9.64 Å². The predicted molar refractivity (Wildman–Crippen MR) is 42.4 cm³/mol. The minimum absolute atomic E-state index is 0.532. The van der Waals surface area contributed by atoms with Gasteiger partial charge >= 0.3 is 5.97 Å². The Bertz CT molecular complexity index is 295. The first-order valence-electron chi connectivity index (χ1n) is 3.64. The molecule has 0 spiro atoms. The van der Waals surface area contributed by atoms with Gasteiger partial charge in [-0.05, 0) is 6.08 Å². The summed E-state index contributed by atoms with van der Waals surface area (Å²) in [6.07, 6.45) is 2.51. The largest absolute Gasteiger partial charge is 0.468 e. The summed E-state index contributed by atoms with van der Waals surface area (Å²) < 4.78 is 4.34. The molecule has 0 aromatic carbocycles. The van der Waals surface area contributed by atoms with E-state index in [9.17, 15) is 14.4 Å². The van der Waals surface area contributed by atoms with E-state index in [2.05, 4.69) is 4.74 Å². The minimum atomic E-state index is -1.32. The molecule has 0 bridgehead atoms. The lowest BCUT2D eigenvalue weighted by atomic mass is 10.0. The zero-order chi connectivity index (χ0) is 10.0. The van der Waals surface area contributed by atoms with Crippen LogP contribution in [0, 0.1) is 5.92 Å². The van der Waals surface area contributed by atoms with E-state index in [1.54, 1.807) is 0 Å². The van der Waals surface area contributed by atoms with E-state index < -0.39 is 23.6 Å². The first-order valence-corrected chi connectivity index (χ1v) is 3.64. The molecule has 5 nitrogen and oxygen atoms in total. The van der Waals surface area contributed by atoms with Gasteiger partial charge in [-0.1, -0.05) is 0 Å². The maximum Gasteiger partial charge on any atom is 0.326 e. The number of ether oxygens (including phenoxy) is 1. The minimum Gasteiger partial charge on any atom is -0.468 e. The van der Waals surface area contributed by atoms with E-state index in [0.29, 0.717) is 0 Å². The number of esters is 1. The predicted octanol–water partition coefficient (Wildman–Crippen LogP) is -0.670. The molecule has 0 N–H and O–H groups in total. The number of nitrogens with zero attached hydrogens (tertiary/aromatic N) is 1. The third-order valence-corrected chi connectivity index (χ3v) is 1.78. The molecular weight excluding hydrogens is 174 g/mol. The summed E-state index contributed by atoms with van der Waals surface area (Å²) >= 11 is 0. The molecule has 1 atom stereocenters. The summed E-state index contributed by atoms with van der Waals surface area (Å²) in [6.45, 7) is 0. The summed E-state index contributed by atoms with van der Waals surface area (Å²) in [5.41, 5.74) is 0. The number of amides is 1. The highest BCUT2D eigenvalue weighted by atomic mass is 16.5. The lowest BCUT2D eigenvalue weighted by Gasteiger charge is -2.20. The lowest BCUT2D eigenvalue weighted by Crippen LogP contribution is -2.42. The van der Waals surface area contributed by atoms with Crippen molar-refractivity contribution in [2.45, 2.75) is 0 Å². The molecule has 0 aromatic heterocycles. The normalized spacial score (nSPS) is 22.0. The maximum atomic E-state index is 11.3. The van der Waals surface area contributed by atoms with Gasteiger partial charge in [-0.2, -0.15) is 0 Å². The maximum absolute atomic E-state index is 11.3. The molecule has 70 valence electrons. The molecule has 0 saturated carbocycles. The molecule has 13 heavy (non-hydrogen) atoms. The molecule has 1 amide bonds. The number of ketones is 1. The van der Waals surface area contributed by atoms with E-state index in [1.807, 2.05) is 0 Å². The summed E-state index contributed by atoms with van der Waals surface area (Å²) in [7, 11) is 2.61. The fourth-order valence-corrected chi connectivity index (χ4v) is 1.02. The van der Waals surface area contributed by atoms with Gasteiger partial charge in [0.15, 0.2) is 11.7 Å². The van der Waals surface area contributed by atoms with Crippen LogP contribution in [0.2, 0.25) is 0 Å². The molecule has 1 rings (SSSR count). The van der Waals surface area contributed by atoms with Gasteiger partial charge in [0.05, 0.1) is 7.11 Å². The molecule has 0 unspecified atom stereocenters. The average Bonchev–Trinajstić information content (AvgIpc) is 2.12. The Morgan fingerprint density at radius 3 is 2.69 bits per heavy atom. The Morgan fingerprint density at radius 2 is 2.15 bits per heavy atom. The molecule has 1 aliphatic heterocycles. The van der Waals surface area contributed by atoms with Gasteiger partial charge in [0.25, 0.3) is 0 Å². The average molecular weight is 183 g/mol. The van der Waals surface area contributed by atoms with Gasteiger partial charge in [0, 0.05) is 13.2 Å². The first-order chi connectivity index (χ1) is 6.07. The summed E-state index contributed by atoms with van der Waals surface area (Å²) in [4.78, 5) is 34.6. The molecule has 0 aliphatic carbocycles. The second kappa shape index (κ2) is 3.38. The van der Waals surface area contributed by atoms with Crippen molar-refractivity contribution >= 4 is 17.7 Å². The van der Waals surface area contributed by atoms with Gasteiger partial charge in [0.2, 0.25) is 5.91 Å². The highest BCUT2D eigenvalue weighted by molar-refractivity contribution is 6.21. The number of hydrogen-bond acceptors (Lipinski definition) is 4. The second-order valence-corrected chi connectivity index (χ2v) is 2.62. The van der Waals surface area contributed by atoms with Crippen molar-refractivity contribution in [1.29, 1.82) is 0 Å². The van der Waals surface area contributed by atoms with Gasteiger partial charge in [-0.25, -0.2) is 0 Å². The Balaban J connectivity index is 2.96. The van der Waals surface area contributed by atoms with Crippen LogP contribution in [0.15, 0.2) is 12.3 Å². The fraction of sp³-hybridized carbons (Fsp3) is 0.375. The van der Waals surface area contributed by atoms with Crippen LogP contribution in [0.1, 0.15) is 0 Å². The van der Waals surface area contributed by atoms with E-state index in [-0.39, 0.29) is 0 Å². The van der Waals surface area contributed by atoms with Crippen LogP contribution in [0.25, 0.3) is 0 Å². The summed E-state index contributed by atoms with van der Waals surface area (Å²) in [5, 5.41) is 0. The third-order valence-electron chi connectivity index (χ3n) is 1.78. The molecule has 0 radical (unpaired) electrons. The number of allylic oxidation sites excluding steroid dienone is 1. The summed E-state index contributed by atoms with van der Waals surface area (Å²) in [6, 6.07) is 0. The number of rotatable bonds is 1. The van der Waals surface area contributed by atoms with Gasteiger partial charge in [-0.3, -0.25) is 14.4 Å². The Kier molecular flexibility index (Phi) is 2.46. The fourth-order valence-electron chi connectivity index (χ4n) is 1.02. The smallest absolute Gasteiger partial charge is 0.326 e. The van der Waals surface area contributed by atoms with Crippen molar-refractivity contribution in [3.63, 3.8) is 0 Å². The summed E-state index contributed by atoms with van der Waals surface area (Å²) in [5.74, 6) is -3.22. The second-order valence-electron chi connectivity index (χ2n) is 2.62. The van der Waals surface area contributed by atoms with Crippen LogP contribution in [0.5, 0.6) is 0 Å². The van der Waals surface area contributed by atoms with Crippen molar-refractivity contribution in [3.05, 3.63) is 12.3 Å². The quantitative estimate of drug-likeness (QED) is 0.399. The lowest BCUT2D eigenvalue weighted by molar-refractivity contribution is -0.155. The van der Waals surface area contributed by atoms with Gasteiger partial charge in [-0.15, -0.1) is 0 Å². The van der Waals surface area contributed by atoms with Gasteiger partial charge in [0.1, 0.15) is 0 Å². The molecule has 0 saturated heterocycles. The molecule has 1 heterocycles. The zero-order valence-corrected chi connectivity index (χ0v) is 7.31. The molecule has 5 heteroatoms. The zero-order valence-electron chi connectivity index (χ0n) is 7.31. The third kappa shape index (κ3) is 1.58. The SMILES string of the molecule is COC(=O)[C@H]1C(=O)C=CN(C)C1=O. The van der Waals surface area contributed by atoms with E-state index in [0.717, 1.165) is 7.11 Å². The van der Waals surface area contributed by atoms with Crippen LogP contribution in [-0.4, -0.2) is 36.7 Å². The van der Waals surface area contributed by atoms with Crippen LogP contribution < -0.4 is 0 Å². The Morgan fingerprint density at radius 1 is 1.54 bits per heavy atom. The molecule has 0 fully saturated rings. The van der Waals surface area contributed by atoms with E-state index in [1.165, 1.54) is 24.2 Å². The number of hydrogen-bond donors (Lipinski definition) is 0. The Labute approximate surface area is 75.0 Å². The monoisotopic (exact) mass is 183 g/mol. The van der Waals surface area contributed by atoms with Crippen molar-refractivity contribution in [3.8, 4) is 0 Å².